The minimum absolute atomic E-state index is 0.173. The molecule has 0 saturated carbocycles. The monoisotopic (exact) mass is 326 g/mol. The number of benzene rings is 1. The summed E-state index contributed by atoms with van der Waals surface area (Å²) in [5.74, 6) is -4.28. The first-order valence-corrected chi connectivity index (χ1v) is 7.41. The van der Waals surface area contributed by atoms with Crippen molar-refractivity contribution in [2.45, 2.75) is 30.7 Å². The van der Waals surface area contributed by atoms with Crippen LogP contribution in [0.2, 0.25) is 0 Å². The minimum Gasteiger partial charge on any atom is -0.392 e. The lowest BCUT2D eigenvalue weighted by Gasteiger charge is -2.28. The van der Waals surface area contributed by atoms with Crippen LogP contribution in [-0.4, -0.2) is 18.9 Å². The summed E-state index contributed by atoms with van der Waals surface area (Å²) in [4.78, 5) is -1.44. The van der Waals surface area contributed by atoms with E-state index in [0.29, 0.717) is 0 Å². The van der Waals surface area contributed by atoms with Gasteiger partial charge in [0, 0.05) is 12.1 Å². The molecule has 0 saturated heterocycles. The predicted molar refractivity (Wildman–Crippen MR) is 72.1 cm³/mol. The van der Waals surface area contributed by atoms with Crippen molar-refractivity contribution in [3.63, 3.8) is 0 Å². The number of nitrogens with one attached hydrogen (secondary N) is 1. The second-order valence-corrected chi connectivity index (χ2v) is 6.41. The molecule has 0 radical (unpaired) electrons. The summed E-state index contributed by atoms with van der Waals surface area (Å²) >= 11 is 4.74. The molecule has 0 spiro atoms. The van der Waals surface area contributed by atoms with Gasteiger partial charge >= 0.3 is 0 Å². The molecule has 0 fully saturated rings. The summed E-state index contributed by atoms with van der Waals surface area (Å²) in [6.45, 7) is 2.98. The smallest absolute Gasteiger partial charge is 0.247 e. The van der Waals surface area contributed by atoms with E-state index >= 15 is 0 Å². The molecule has 0 amide bonds. The van der Waals surface area contributed by atoms with Crippen LogP contribution in [0.4, 0.5) is 13.2 Å². The van der Waals surface area contributed by atoms with E-state index in [-0.39, 0.29) is 23.5 Å². The molecule has 1 rings (SSSR count). The molecule has 1 aromatic rings. The van der Waals surface area contributed by atoms with E-state index in [2.05, 4.69) is 0 Å². The van der Waals surface area contributed by atoms with Crippen LogP contribution in [0.3, 0.4) is 0 Å². The fourth-order valence-electron chi connectivity index (χ4n) is 1.43. The molecule has 4 nitrogen and oxygen atoms in total. The number of hydrogen-bond acceptors (Lipinski definition) is 3. The fraction of sp³-hybridized carbons (Fsp3) is 0.364. The minimum atomic E-state index is -4.59. The van der Waals surface area contributed by atoms with Gasteiger partial charge in [-0.15, -0.1) is 0 Å². The van der Waals surface area contributed by atoms with Crippen LogP contribution >= 0.6 is 12.2 Å². The SMILES string of the molecule is CCC(C)(NS(=O)(=O)c1c(F)cc(F)cc1F)C(N)=S. The molecule has 1 unspecified atom stereocenters. The average Bonchev–Trinajstić information content (AvgIpc) is 2.25. The molecule has 0 heterocycles. The van der Waals surface area contributed by atoms with E-state index in [4.69, 9.17) is 18.0 Å². The van der Waals surface area contributed by atoms with Crippen LogP contribution in [0.15, 0.2) is 17.0 Å². The quantitative estimate of drug-likeness (QED) is 0.810. The van der Waals surface area contributed by atoms with Crippen molar-refractivity contribution >= 4 is 27.2 Å². The van der Waals surface area contributed by atoms with Gasteiger partial charge in [0.2, 0.25) is 10.0 Å². The van der Waals surface area contributed by atoms with Crippen molar-refractivity contribution < 1.29 is 21.6 Å². The zero-order chi connectivity index (χ0) is 15.7. The summed E-state index contributed by atoms with van der Waals surface area (Å²) in [5.41, 5.74) is 4.08. The number of rotatable bonds is 5. The Morgan fingerprint density at radius 3 is 2.15 bits per heavy atom. The zero-order valence-electron chi connectivity index (χ0n) is 10.7. The van der Waals surface area contributed by atoms with Gasteiger partial charge in [0.25, 0.3) is 0 Å². The number of sulfonamides is 1. The molecule has 0 bridgehead atoms. The average molecular weight is 326 g/mol. The molecule has 112 valence electrons. The summed E-state index contributed by atoms with van der Waals surface area (Å²) in [7, 11) is -4.59. The predicted octanol–water partition coefficient (Wildman–Crippen LogP) is 1.84. The summed E-state index contributed by atoms with van der Waals surface area (Å²) < 4.78 is 66.0. The summed E-state index contributed by atoms with van der Waals surface area (Å²) in [6.07, 6.45) is 0.173. The number of thiocarbonyl (C=S) groups is 1. The lowest BCUT2D eigenvalue weighted by Crippen LogP contribution is -2.54. The molecule has 20 heavy (non-hydrogen) atoms. The molecule has 9 heteroatoms. The van der Waals surface area contributed by atoms with Crippen LogP contribution < -0.4 is 10.5 Å². The van der Waals surface area contributed by atoms with E-state index in [1.165, 1.54) is 6.92 Å². The Morgan fingerprint density at radius 1 is 1.35 bits per heavy atom. The molecule has 0 aromatic heterocycles. The maximum absolute atomic E-state index is 13.5. The highest BCUT2D eigenvalue weighted by atomic mass is 32.2. The number of hydrogen-bond donors (Lipinski definition) is 2. The largest absolute Gasteiger partial charge is 0.392 e. The van der Waals surface area contributed by atoms with Gasteiger partial charge in [0.05, 0.1) is 10.5 Å². The van der Waals surface area contributed by atoms with E-state index < -0.39 is 37.9 Å². The van der Waals surface area contributed by atoms with E-state index in [9.17, 15) is 21.6 Å². The highest BCUT2D eigenvalue weighted by molar-refractivity contribution is 7.89. The molecule has 0 aliphatic heterocycles. The highest BCUT2D eigenvalue weighted by Gasteiger charge is 2.35. The molecule has 0 aliphatic rings. The molecule has 3 N–H and O–H groups in total. The van der Waals surface area contributed by atoms with Crippen LogP contribution in [-0.2, 0) is 10.0 Å². The molecule has 1 atom stereocenters. The van der Waals surface area contributed by atoms with Gasteiger partial charge in [-0.3, -0.25) is 0 Å². The summed E-state index contributed by atoms with van der Waals surface area (Å²) in [6, 6.07) is 0.559. The van der Waals surface area contributed by atoms with Gasteiger partial charge in [-0.2, -0.15) is 4.72 Å². The second-order valence-electron chi connectivity index (χ2n) is 4.35. The normalized spacial score (nSPS) is 14.8. The highest BCUT2D eigenvalue weighted by Crippen LogP contribution is 2.22. The van der Waals surface area contributed by atoms with E-state index in [1.54, 1.807) is 6.92 Å². The second kappa shape index (κ2) is 5.66. The van der Waals surface area contributed by atoms with Gasteiger partial charge in [-0.05, 0) is 13.3 Å². The lowest BCUT2D eigenvalue weighted by molar-refractivity contribution is 0.477. The van der Waals surface area contributed by atoms with Gasteiger partial charge < -0.3 is 5.73 Å². The first-order chi connectivity index (χ1) is 9.03. The summed E-state index contributed by atoms with van der Waals surface area (Å²) in [5, 5.41) is 0. The standard InChI is InChI=1S/C11H13F3N2O2S2/c1-3-11(2,10(15)19)16-20(17,18)9-7(13)4-6(12)5-8(9)14/h4-5,16H,3H2,1-2H3,(H2,15,19). The topological polar surface area (TPSA) is 72.2 Å². The zero-order valence-corrected chi connectivity index (χ0v) is 12.3. The van der Waals surface area contributed by atoms with Crippen LogP contribution in [0.5, 0.6) is 0 Å². The van der Waals surface area contributed by atoms with Crippen LogP contribution in [0, 0.1) is 17.5 Å². The Morgan fingerprint density at radius 2 is 1.80 bits per heavy atom. The molecule has 1 aromatic carbocycles. The molecular weight excluding hydrogens is 313 g/mol. The maximum Gasteiger partial charge on any atom is 0.247 e. The third-order valence-electron chi connectivity index (χ3n) is 2.84. The Balaban J connectivity index is 3.36. The number of halogens is 3. The number of nitrogens with two attached hydrogens (primary N) is 1. The third kappa shape index (κ3) is 3.28. The molecular formula is C11H13F3N2O2S2. The van der Waals surface area contributed by atoms with Gasteiger partial charge in [0.15, 0.2) is 4.90 Å². The van der Waals surface area contributed by atoms with E-state index in [1.807, 2.05) is 4.72 Å². The van der Waals surface area contributed by atoms with Crippen molar-refractivity contribution in [2.75, 3.05) is 0 Å². The molecule has 0 aliphatic carbocycles. The first kappa shape index (κ1) is 16.9. The Kier molecular flexibility index (Phi) is 4.78. The lowest BCUT2D eigenvalue weighted by atomic mass is 10.0. The Bertz CT molecular complexity index is 626. The van der Waals surface area contributed by atoms with Crippen LogP contribution in [0.1, 0.15) is 20.3 Å². The fourth-order valence-corrected chi connectivity index (χ4v) is 3.27. The van der Waals surface area contributed by atoms with Gasteiger partial charge in [0.1, 0.15) is 17.5 Å². The van der Waals surface area contributed by atoms with Crippen molar-refractivity contribution in [1.82, 2.24) is 4.72 Å². The maximum atomic E-state index is 13.5. The van der Waals surface area contributed by atoms with Crippen molar-refractivity contribution in [3.05, 3.63) is 29.6 Å². The van der Waals surface area contributed by atoms with Gasteiger partial charge in [-0.25, -0.2) is 21.6 Å². The van der Waals surface area contributed by atoms with Crippen molar-refractivity contribution in [1.29, 1.82) is 0 Å². The third-order valence-corrected chi connectivity index (χ3v) is 4.94. The Labute approximate surface area is 120 Å². The van der Waals surface area contributed by atoms with Gasteiger partial charge in [-0.1, -0.05) is 19.1 Å². The first-order valence-electron chi connectivity index (χ1n) is 5.52. The van der Waals surface area contributed by atoms with E-state index in [0.717, 1.165) is 0 Å². The van der Waals surface area contributed by atoms with Crippen molar-refractivity contribution in [2.24, 2.45) is 5.73 Å². The Hall–Kier alpha value is -1.19. The van der Waals surface area contributed by atoms with Crippen LogP contribution in [0.25, 0.3) is 0 Å². The van der Waals surface area contributed by atoms with Crippen molar-refractivity contribution in [3.8, 4) is 0 Å².